The van der Waals surface area contributed by atoms with Crippen LogP contribution in [0.4, 0.5) is 4.39 Å². The number of benzene rings is 2. The molecule has 1 aromatic heterocycles. The van der Waals surface area contributed by atoms with E-state index in [4.69, 9.17) is 11.6 Å². The Morgan fingerprint density at radius 3 is 2.76 bits per heavy atom. The van der Waals surface area contributed by atoms with E-state index < -0.39 is 0 Å². The van der Waals surface area contributed by atoms with Crippen LogP contribution in [0.15, 0.2) is 48.5 Å². The van der Waals surface area contributed by atoms with E-state index in [1.54, 1.807) is 12.1 Å². The summed E-state index contributed by atoms with van der Waals surface area (Å²) >= 11 is 5.90. The monoisotopic (exact) mass is 302 g/mol. The second kappa shape index (κ2) is 5.86. The zero-order valence-electron chi connectivity index (χ0n) is 11.8. The van der Waals surface area contributed by atoms with E-state index in [1.807, 2.05) is 30.3 Å². The Hall–Kier alpha value is -1.87. The molecule has 0 saturated heterocycles. The minimum absolute atomic E-state index is 0.00585. The molecule has 0 radical (unpaired) electrons. The van der Waals surface area contributed by atoms with E-state index in [0.29, 0.717) is 12.3 Å². The normalized spacial score (nSPS) is 12.7. The molecule has 3 aromatic rings. The summed E-state index contributed by atoms with van der Waals surface area (Å²) in [7, 11) is 0. The highest BCUT2D eigenvalue weighted by Gasteiger charge is 2.17. The Bertz CT molecular complexity index is 766. The molecule has 2 nitrogen and oxygen atoms in total. The van der Waals surface area contributed by atoms with Gasteiger partial charge in [0.1, 0.15) is 11.6 Å². The van der Waals surface area contributed by atoms with Gasteiger partial charge >= 0.3 is 0 Å². The molecule has 108 valence electrons. The van der Waals surface area contributed by atoms with E-state index >= 15 is 0 Å². The number of hydrogen-bond acceptors (Lipinski definition) is 1. The molecule has 21 heavy (non-hydrogen) atoms. The fraction of sp³-hybridized carbons (Fsp3) is 0.235. The van der Waals surface area contributed by atoms with Gasteiger partial charge in [-0.3, -0.25) is 0 Å². The van der Waals surface area contributed by atoms with Crippen LogP contribution in [0.1, 0.15) is 24.4 Å². The number of aryl methyl sites for hydroxylation is 1. The SMILES string of the molecule is CC(c1cccc(F)c1)n1c(CCCl)nc2ccccc21. The van der Waals surface area contributed by atoms with Gasteiger partial charge < -0.3 is 4.57 Å². The first-order chi connectivity index (χ1) is 10.2. The second-order valence-corrected chi connectivity index (χ2v) is 5.43. The molecule has 0 bridgehead atoms. The van der Waals surface area contributed by atoms with Crippen LogP contribution in [0.25, 0.3) is 11.0 Å². The fourth-order valence-corrected chi connectivity index (χ4v) is 2.87. The lowest BCUT2D eigenvalue weighted by Gasteiger charge is -2.18. The molecule has 1 atom stereocenters. The predicted octanol–water partition coefficient (Wildman–Crippen LogP) is 4.57. The average Bonchev–Trinajstić information content (AvgIpc) is 2.85. The van der Waals surface area contributed by atoms with E-state index in [1.165, 1.54) is 6.07 Å². The summed E-state index contributed by atoms with van der Waals surface area (Å²) in [5.41, 5.74) is 2.92. The van der Waals surface area contributed by atoms with Crippen molar-refractivity contribution in [2.24, 2.45) is 0 Å². The van der Waals surface area contributed by atoms with Crippen molar-refractivity contribution in [2.75, 3.05) is 5.88 Å². The molecule has 1 unspecified atom stereocenters. The standard InChI is InChI=1S/C17H16ClFN2/c1-12(13-5-4-6-14(19)11-13)21-16-8-3-2-7-15(16)20-17(21)9-10-18/h2-8,11-12H,9-10H2,1H3. The van der Waals surface area contributed by atoms with Crippen LogP contribution in [-0.2, 0) is 6.42 Å². The van der Waals surface area contributed by atoms with Crippen molar-refractivity contribution in [3.8, 4) is 0 Å². The smallest absolute Gasteiger partial charge is 0.123 e. The molecule has 0 spiro atoms. The minimum atomic E-state index is -0.220. The lowest BCUT2D eigenvalue weighted by atomic mass is 10.1. The molecule has 0 aliphatic heterocycles. The molecule has 0 saturated carbocycles. The molecule has 4 heteroatoms. The molecular weight excluding hydrogens is 287 g/mol. The summed E-state index contributed by atoms with van der Waals surface area (Å²) < 4.78 is 15.6. The third-order valence-corrected chi connectivity index (χ3v) is 3.89. The van der Waals surface area contributed by atoms with Crippen molar-refractivity contribution >= 4 is 22.6 Å². The van der Waals surface area contributed by atoms with Crippen molar-refractivity contribution < 1.29 is 4.39 Å². The summed E-state index contributed by atoms with van der Waals surface area (Å²) in [6, 6.07) is 14.7. The molecule has 0 aliphatic carbocycles. The van der Waals surface area contributed by atoms with E-state index in [9.17, 15) is 4.39 Å². The summed E-state index contributed by atoms with van der Waals surface area (Å²) in [5.74, 6) is 1.23. The molecule has 0 N–H and O–H groups in total. The second-order valence-electron chi connectivity index (χ2n) is 5.06. The quantitative estimate of drug-likeness (QED) is 0.646. The third kappa shape index (κ3) is 2.66. The molecule has 0 aliphatic rings. The van der Waals surface area contributed by atoms with Crippen LogP contribution in [0, 0.1) is 5.82 Å². The van der Waals surface area contributed by atoms with E-state index in [2.05, 4.69) is 16.5 Å². The summed E-state index contributed by atoms with van der Waals surface area (Å²) in [6.45, 7) is 2.06. The van der Waals surface area contributed by atoms with Gasteiger partial charge in [0.2, 0.25) is 0 Å². The van der Waals surface area contributed by atoms with Gasteiger partial charge in [-0.1, -0.05) is 24.3 Å². The van der Waals surface area contributed by atoms with Crippen LogP contribution < -0.4 is 0 Å². The molecule has 0 amide bonds. The van der Waals surface area contributed by atoms with Crippen molar-refractivity contribution in [1.29, 1.82) is 0 Å². The van der Waals surface area contributed by atoms with Gasteiger partial charge in [-0.25, -0.2) is 9.37 Å². The highest BCUT2D eigenvalue weighted by Crippen LogP contribution is 2.26. The van der Waals surface area contributed by atoms with Gasteiger partial charge in [-0.05, 0) is 36.8 Å². The molecule has 1 heterocycles. The van der Waals surface area contributed by atoms with Crippen LogP contribution in [0.2, 0.25) is 0 Å². The predicted molar refractivity (Wildman–Crippen MR) is 84.4 cm³/mol. The molecule has 0 fully saturated rings. The molecule has 3 rings (SSSR count). The number of para-hydroxylation sites is 2. The lowest BCUT2D eigenvalue weighted by molar-refractivity contribution is 0.598. The summed E-state index contributed by atoms with van der Waals surface area (Å²) in [5, 5.41) is 0. The van der Waals surface area contributed by atoms with Gasteiger partial charge in [-0.2, -0.15) is 0 Å². The van der Waals surface area contributed by atoms with Crippen LogP contribution in [-0.4, -0.2) is 15.4 Å². The first-order valence-corrected chi connectivity index (χ1v) is 7.51. The van der Waals surface area contributed by atoms with Gasteiger partial charge in [0, 0.05) is 12.3 Å². The number of nitrogens with zero attached hydrogens (tertiary/aromatic N) is 2. The van der Waals surface area contributed by atoms with Crippen molar-refractivity contribution in [3.05, 3.63) is 65.7 Å². The van der Waals surface area contributed by atoms with Crippen LogP contribution in [0.3, 0.4) is 0 Å². The highest BCUT2D eigenvalue weighted by atomic mass is 35.5. The van der Waals surface area contributed by atoms with Gasteiger partial charge in [0.05, 0.1) is 17.1 Å². The van der Waals surface area contributed by atoms with Gasteiger partial charge in [-0.15, -0.1) is 11.6 Å². The Morgan fingerprint density at radius 2 is 2.00 bits per heavy atom. The van der Waals surface area contributed by atoms with Crippen molar-refractivity contribution in [2.45, 2.75) is 19.4 Å². The zero-order chi connectivity index (χ0) is 14.8. The lowest BCUT2D eigenvalue weighted by Crippen LogP contribution is -2.11. The van der Waals surface area contributed by atoms with Gasteiger partial charge in [0.25, 0.3) is 0 Å². The summed E-state index contributed by atoms with van der Waals surface area (Å²) in [4.78, 5) is 4.66. The van der Waals surface area contributed by atoms with Gasteiger partial charge in [0.15, 0.2) is 0 Å². The number of hydrogen-bond donors (Lipinski definition) is 0. The minimum Gasteiger partial charge on any atom is -0.321 e. The number of halogens is 2. The largest absolute Gasteiger partial charge is 0.321 e. The van der Waals surface area contributed by atoms with E-state index in [0.717, 1.165) is 22.4 Å². The first-order valence-electron chi connectivity index (χ1n) is 6.98. The first kappa shape index (κ1) is 14.1. The summed E-state index contributed by atoms with van der Waals surface area (Å²) in [6.07, 6.45) is 0.690. The molecular formula is C17H16ClFN2. The maximum atomic E-state index is 13.5. The maximum absolute atomic E-state index is 13.5. The number of fused-ring (bicyclic) bond motifs is 1. The third-order valence-electron chi connectivity index (χ3n) is 3.71. The van der Waals surface area contributed by atoms with Crippen molar-refractivity contribution in [3.63, 3.8) is 0 Å². The Balaban J connectivity index is 2.15. The number of alkyl halides is 1. The number of rotatable bonds is 4. The Labute approximate surface area is 128 Å². The average molecular weight is 303 g/mol. The zero-order valence-corrected chi connectivity index (χ0v) is 12.5. The Morgan fingerprint density at radius 1 is 1.19 bits per heavy atom. The molecule has 2 aromatic carbocycles. The topological polar surface area (TPSA) is 17.8 Å². The number of aromatic nitrogens is 2. The highest BCUT2D eigenvalue weighted by molar-refractivity contribution is 6.17. The maximum Gasteiger partial charge on any atom is 0.123 e. The van der Waals surface area contributed by atoms with Crippen LogP contribution in [0.5, 0.6) is 0 Å². The Kier molecular flexibility index (Phi) is 3.93. The van der Waals surface area contributed by atoms with E-state index in [-0.39, 0.29) is 11.9 Å². The van der Waals surface area contributed by atoms with Crippen LogP contribution >= 0.6 is 11.6 Å². The van der Waals surface area contributed by atoms with Crippen molar-refractivity contribution in [1.82, 2.24) is 9.55 Å². The number of imidazole rings is 1. The fourth-order valence-electron chi connectivity index (χ4n) is 2.70.